The second-order valence-corrected chi connectivity index (χ2v) is 8.08. The molecule has 4 rings (SSSR count). The summed E-state index contributed by atoms with van der Waals surface area (Å²) in [4.78, 5) is 26.3. The molecule has 1 aliphatic heterocycles. The summed E-state index contributed by atoms with van der Waals surface area (Å²) in [6, 6.07) is 14.9. The third-order valence-electron chi connectivity index (χ3n) is 6.14. The van der Waals surface area contributed by atoms with Crippen molar-refractivity contribution in [1.29, 1.82) is 0 Å². The fourth-order valence-corrected chi connectivity index (χ4v) is 4.72. The van der Waals surface area contributed by atoms with Crippen LogP contribution >= 0.6 is 0 Å². The Balaban J connectivity index is 1.85. The summed E-state index contributed by atoms with van der Waals surface area (Å²) < 4.78 is 10.6. The van der Waals surface area contributed by atoms with Crippen LogP contribution in [0.1, 0.15) is 43.2 Å². The van der Waals surface area contributed by atoms with Crippen molar-refractivity contribution in [3.8, 4) is 11.5 Å². The number of aromatic hydroxyl groups is 1. The molecule has 0 saturated heterocycles. The van der Waals surface area contributed by atoms with E-state index in [1.165, 1.54) is 13.2 Å². The minimum absolute atomic E-state index is 0.0136. The smallest absolute Gasteiger partial charge is 0.336 e. The van der Waals surface area contributed by atoms with Gasteiger partial charge < -0.3 is 19.9 Å². The number of nitrogens with one attached hydrogen (secondary N) is 1. The SMILES string of the molecule is CCOc1cc(C2C(C(=O)OC)=C(C)NC3=CC(c4ccccc4)CC(=O)C32)ccc1O. The number of rotatable bonds is 5. The lowest BCUT2D eigenvalue weighted by Crippen LogP contribution is -2.41. The van der Waals surface area contributed by atoms with Crippen molar-refractivity contribution < 1.29 is 24.2 Å². The van der Waals surface area contributed by atoms with Gasteiger partial charge in [0, 0.05) is 29.7 Å². The van der Waals surface area contributed by atoms with E-state index in [1.807, 2.05) is 44.2 Å². The summed E-state index contributed by atoms with van der Waals surface area (Å²) in [7, 11) is 1.33. The molecule has 6 nitrogen and oxygen atoms in total. The molecule has 32 heavy (non-hydrogen) atoms. The molecule has 2 aromatic carbocycles. The van der Waals surface area contributed by atoms with Crippen LogP contribution in [0.15, 0.2) is 71.6 Å². The van der Waals surface area contributed by atoms with Gasteiger partial charge in [0.05, 0.1) is 25.2 Å². The number of hydrogen-bond donors (Lipinski definition) is 2. The van der Waals surface area contributed by atoms with Crippen LogP contribution < -0.4 is 10.1 Å². The number of phenols is 1. The summed E-state index contributed by atoms with van der Waals surface area (Å²) in [5.74, 6) is -1.22. The summed E-state index contributed by atoms with van der Waals surface area (Å²) in [6.07, 6.45) is 2.44. The van der Waals surface area contributed by atoms with Gasteiger partial charge in [-0.2, -0.15) is 0 Å². The number of fused-ring (bicyclic) bond motifs is 1. The number of hydrogen-bond acceptors (Lipinski definition) is 6. The van der Waals surface area contributed by atoms with Crippen LogP contribution in [-0.2, 0) is 14.3 Å². The van der Waals surface area contributed by atoms with Gasteiger partial charge in [-0.15, -0.1) is 0 Å². The highest BCUT2D eigenvalue weighted by atomic mass is 16.5. The first-order valence-corrected chi connectivity index (χ1v) is 10.8. The molecule has 0 spiro atoms. The van der Waals surface area contributed by atoms with Gasteiger partial charge >= 0.3 is 5.97 Å². The lowest BCUT2D eigenvalue weighted by molar-refractivity contribution is -0.136. The Morgan fingerprint density at radius 1 is 1.12 bits per heavy atom. The van der Waals surface area contributed by atoms with Crippen LogP contribution in [0, 0.1) is 5.92 Å². The number of methoxy groups -OCH3 is 1. The Bertz CT molecular complexity index is 1100. The lowest BCUT2D eigenvalue weighted by Gasteiger charge is -2.39. The third kappa shape index (κ3) is 3.88. The molecular formula is C26H27NO5. The molecule has 0 saturated carbocycles. The van der Waals surface area contributed by atoms with Crippen LogP contribution in [0.4, 0.5) is 0 Å². The average Bonchev–Trinajstić information content (AvgIpc) is 2.79. The van der Waals surface area contributed by atoms with Crippen molar-refractivity contribution in [3.05, 3.63) is 82.7 Å². The van der Waals surface area contributed by atoms with Crippen LogP contribution in [0.3, 0.4) is 0 Å². The molecule has 2 N–H and O–H groups in total. The van der Waals surface area contributed by atoms with Crippen molar-refractivity contribution in [1.82, 2.24) is 5.32 Å². The van der Waals surface area contributed by atoms with Gasteiger partial charge in [-0.1, -0.05) is 42.5 Å². The van der Waals surface area contributed by atoms with Crippen LogP contribution in [0.25, 0.3) is 0 Å². The highest BCUT2D eigenvalue weighted by molar-refractivity contribution is 5.96. The molecule has 1 heterocycles. The van der Waals surface area contributed by atoms with Gasteiger partial charge in [0.1, 0.15) is 5.78 Å². The predicted molar refractivity (Wildman–Crippen MR) is 120 cm³/mol. The largest absolute Gasteiger partial charge is 0.504 e. The molecule has 2 aromatic rings. The number of benzene rings is 2. The summed E-state index contributed by atoms with van der Waals surface area (Å²) in [5.41, 5.74) is 3.64. The number of Topliss-reactive ketones (excluding diaryl/α,β-unsaturated/α-hetero) is 1. The molecule has 0 fully saturated rings. The van der Waals surface area contributed by atoms with Gasteiger partial charge in [-0.25, -0.2) is 4.79 Å². The van der Waals surface area contributed by atoms with E-state index in [0.29, 0.717) is 30.0 Å². The summed E-state index contributed by atoms with van der Waals surface area (Å²) in [6.45, 7) is 4.03. The van der Waals surface area contributed by atoms with Crippen molar-refractivity contribution in [2.75, 3.05) is 13.7 Å². The van der Waals surface area contributed by atoms with Crippen LogP contribution in [0.2, 0.25) is 0 Å². The Morgan fingerprint density at radius 3 is 2.56 bits per heavy atom. The van der Waals surface area contributed by atoms with E-state index in [2.05, 4.69) is 11.4 Å². The van der Waals surface area contributed by atoms with Gasteiger partial charge in [0.2, 0.25) is 0 Å². The number of ether oxygens (including phenoxy) is 2. The minimum atomic E-state index is -0.549. The molecule has 6 heteroatoms. The zero-order valence-corrected chi connectivity index (χ0v) is 18.4. The lowest BCUT2D eigenvalue weighted by atomic mass is 9.68. The maximum Gasteiger partial charge on any atom is 0.336 e. The minimum Gasteiger partial charge on any atom is -0.504 e. The molecule has 1 aliphatic carbocycles. The van der Waals surface area contributed by atoms with E-state index in [4.69, 9.17) is 9.47 Å². The maximum absolute atomic E-state index is 13.5. The van der Waals surface area contributed by atoms with Crippen molar-refractivity contribution in [2.24, 2.45) is 5.92 Å². The quantitative estimate of drug-likeness (QED) is 0.688. The second kappa shape index (κ2) is 8.91. The number of carbonyl (C=O) groups excluding carboxylic acids is 2. The first-order valence-electron chi connectivity index (χ1n) is 10.8. The number of ketones is 1. The summed E-state index contributed by atoms with van der Waals surface area (Å²) >= 11 is 0. The molecule has 0 bridgehead atoms. The van der Waals surface area contributed by atoms with Gasteiger partial charge in [0.25, 0.3) is 0 Å². The zero-order chi connectivity index (χ0) is 22.8. The average molecular weight is 434 g/mol. The van der Waals surface area contributed by atoms with E-state index in [9.17, 15) is 14.7 Å². The second-order valence-electron chi connectivity index (χ2n) is 8.08. The van der Waals surface area contributed by atoms with Crippen LogP contribution in [-0.4, -0.2) is 30.6 Å². The molecule has 3 unspecified atom stereocenters. The van der Waals surface area contributed by atoms with Gasteiger partial charge in [0.15, 0.2) is 11.5 Å². The van der Waals surface area contributed by atoms with Crippen LogP contribution in [0.5, 0.6) is 11.5 Å². The predicted octanol–water partition coefficient (Wildman–Crippen LogP) is 4.18. The Hall–Kier alpha value is -3.54. The van der Waals surface area contributed by atoms with Crippen molar-refractivity contribution in [2.45, 2.75) is 32.1 Å². The van der Waals surface area contributed by atoms with E-state index >= 15 is 0 Å². The highest BCUT2D eigenvalue weighted by Gasteiger charge is 2.45. The van der Waals surface area contributed by atoms with E-state index in [0.717, 1.165) is 16.8 Å². The standard InChI is InChI=1S/C26H27NO5/c1-4-32-22-14-17(10-11-20(22)28)24-23(26(30)31-3)15(2)27-19-12-18(13-21(29)25(19)24)16-8-6-5-7-9-16/h5-12,14,18,24-25,27-28H,4,13H2,1-3H3. The molecular weight excluding hydrogens is 406 g/mol. The Kier molecular flexibility index (Phi) is 6.04. The zero-order valence-electron chi connectivity index (χ0n) is 18.4. The Morgan fingerprint density at radius 2 is 1.88 bits per heavy atom. The molecule has 0 aromatic heterocycles. The third-order valence-corrected chi connectivity index (χ3v) is 6.14. The number of phenolic OH excluding ortho intramolecular Hbond substituents is 1. The first kappa shape index (κ1) is 21.7. The summed E-state index contributed by atoms with van der Waals surface area (Å²) in [5, 5.41) is 13.5. The van der Waals surface area contributed by atoms with Gasteiger partial charge in [-0.3, -0.25) is 4.79 Å². The molecule has 3 atom stereocenters. The molecule has 0 amide bonds. The number of allylic oxidation sites excluding steroid dienone is 3. The molecule has 166 valence electrons. The van der Waals surface area contributed by atoms with Gasteiger partial charge in [-0.05, 0) is 37.1 Å². The first-order chi connectivity index (χ1) is 15.4. The van der Waals surface area contributed by atoms with E-state index < -0.39 is 17.8 Å². The molecule has 0 radical (unpaired) electrons. The topological polar surface area (TPSA) is 84.9 Å². The molecule has 2 aliphatic rings. The Labute approximate surface area is 187 Å². The monoisotopic (exact) mass is 433 g/mol. The fourth-order valence-electron chi connectivity index (χ4n) is 4.72. The fraction of sp³-hybridized carbons (Fsp3) is 0.308. The van der Waals surface area contributed by atoms with Crippen molar-refractivity contribution in [3.63, 3.8) is 0 Å². The van der Waals surface area contributed by atoms with E-state index in [-0.39, 0.29) is 17.5 Å². The number of esters is 1. The van der Waals surface area contributed by atoms with Crippen molar-refractivity contribution >= 4 is 11.8 Å². The normalized spacial score (nSPS) is 22.5. The van der Waals surface area contributed by atoms with E-state index in [1.54, 1.807) is 12.1 Å². The number of carbonyl (C=O) groups is 2. The maximum atomic E-state index is 13.5. The highest BCUT2D eigenvalue weighted by Crippen LogP contribution is 2.47.